The van der Waals surface area contributed by atoms with E-state index in [1.54, 1.807) is 0 Å². The first-order chi connectivity index (χ1) is 8.85. The van der Waals surface area contributed by atoms with Crippen molar-refractivity contribution in [2.75, 3.05) is 12.0 Å². The van der Waals surface area contributed by atoms with Crippen molar-refractivity contribution in [3.8, 4) is 0 Å². The van der Waals surface area contributed by atoms with Crippen molar-refractivity contribution in [2.24, 2.45) is 5.92 Å². The molecular formula is C12H19F2NO3S. The summed E-state index contributed by atoms with van der Waals surface area (Å²) in [6, 6.07) is -0.990. The number of rotatable bonds is 6. The molecule has 2 N–H and O–H groups in total. The number of carbonyl (C=O) groups excluding carboxylic acids is 1. The lowest BCUT2D eigenvalue weighted by Gasteiger charge is -2.28. The lowest BCUT2D eigenvalue weighted by molar-refractivity contribution is -0.144. The number of nitrogens with one attached hydrogen (secondary N) is 1. The SMILES string of the molecule is CSCCC(NC(=O)C1CCCC(F)(F)C1)C(=O)O. The topological polar surface area (TPSA) is 66.4 Å². The van der Waals surface area contributed by atoms with Gasteiger partial charge in [-0.1, -0.05) is 0 Å². The van der Waals surface area contributed by atoms with Gasteiger partial charge in [0, 0.05) is 18.8 Å². The fourth-order valence-corrected chi connectivity index (χ4v) is 2.65. The van der Waals surface area contributed by atoms with Gasteiger partial charge in [-0.3, -0.25) is 4.79 Å². The molecule has 0 bridgehead atoms. The Balaban J connectivity index is 2.54. The molecule has 1 aliphatic rings. The third-order valence-electron chi connectivity index (χ3n) is 3.24. The van der Waals surface area contributed by atoms with Gasteiger partial charge in [0.05, 0.1) is 0 Å². The molecule has 1 rings (SSSR count). The second-order valence-electron chi connectivity index (χ2n) is 4.83. The molecule has 2 atom stereocenters. The van der Waals surface area contributed by atoms with Gasteiger partial charge >= 0.3 is 5.97 Å². The van der Waals surface area contributed by atoms with E-state index in [1.165, 1.54) is 11.8 Å². The number of carboxylic acid groups (broad SMARTS) is 1. The molecule has 2 unspecified atom stereocenters. The van der Waals surface area contributed by atoms with Gasteiger partial charge in [0.1, 0.15) is 6.04 Å². The number of hydrogen-bond donors (Lipinski definition) is 2. The van der Waals surface area contributed by atoms with Gasteiger partial charge in [-0.25, -0.2) is 13.6 Å². The fourth-order valence-electron chi connectivity index (χ4n) is 2.18. The van der Waals surface area contributed by atoms with Crippen LogP contribution in [0.4, 0.5) is 8.78 Å². The Morgan fingerprint density at radius 3 is 2.74 bits per heavy atom. The largest absolute Gasteiger partial charge is 0.480 e. The summed E-state index contributed by atoms with van der Waals surface area (Å²) >= 11 is 1.48. The zero-order valence-corrected chi connectivity index (χ0v) is 11.6. The second kappa shape index (κ2) is 7.07. The molecule has 1 aliphatic carbocycles. The van der Waals surface area contributed by atoms with E-state index in [9.17, 15) is 18.4 Å². The molecule has 0 radical (unpaired) electrons. The van der Waals surface area contributed by atoms with Gasteiger partial charge in [0.25, 0.3) is 0 Å². The Labute approximate surface area is 115 Å². The number of amides is 1. The molecule has 0 aliphatic heterocycles. The Morgan fingerprint density at radius 1 is 1.53 bits per heavy atom. The smallest absolute Gasteiger partial charge is 0.326 e. The van der Waals surface area contributed by atoms with Gasteiger partial charge in [-0.15, -0.1) is 0 Å². The maximum atomic E-state index is 13.2. The van der Waals surface area contributed by atoms with Crippen LogP contribution in [0.2, 0.25) is 0 Å². The predicted molar refractivity (Wildman–Crippen MR) is 69.5 cm³/mol. The van der Waals surface area contributed by atoms with Crippen LogP contribution in [0.15, 0.2) is 0 Å². The summed E-state index contributed by atoms with van der Waals surface area (Å²) in [6.07, 6.45) is 2.16. The van der Waals surface area contributed by atoms with Crippen LogP contribution in [0.1, 0.15) is 32.1 Å². The van der Waals surface area contributed by atoms with Crippen LogP contribution < -0.4 is 5.32 Å². The molecule has 0 aromatic heterocycles. The minimum Gasteiger partial charge on any atom is -0.480 e. The number of aliphatic carboxylic acids is 1. The Hall–Kier alpha value is -0.850. The lowest BCUT2D eigenvalue weighted by atomic mass is 9.86. The number of halogens is 2. The molecule has 1 amide bonds. The van der Waals surface area contributed by atoms with E-state index in [2.05, 4.69) is 5.32 Å². The summed E-state index contributed by atoms with van der Waals surface area (Å²) in [4.78, 5) is 22.8. The number of carbonyl (C=O) groups is 2. The Morgan fingerprint density at radius 2 is 2.21 bits per heavy atom. The summed E-state index contributed by atoms with van der Waals surface area (Å²) in [5.74, 6) is -4.67. The van der Waals surface area contributed by atoms with Gasteiger partial charge in [-0.2, -0.15) is 11.8 Å². The van der Waals surface area contributed by atoms with E-state index in [0.29, 0.717) is 25.0 Å². The van der Waals surface area contributed by atoms with Crippen LogP contribution >= 0.6 is 11.8 Å². The third-order valence-corrected chi connectivity index (χ3v) is 3.88. The van der Waals surface area contributed by atoms with Gasteiger partial charge in [0.15, 0.2) is 0 Å². The van der Waals surface area contributed by atoms with Crippen LogP contribution in [-0.2, 0) is 9.59 Å². The van der Waals surface area contributed by atoms with E-state index >= 15 is 0 Å². The number of carboxylic acids is 1. The molecule has 1 fully saturated rings. The minimum atomic E-state index is -2.81. The van der Waals surface area contributed by atoms with Crippen molar-refractivity contribution in [2.45, 2.75) is 44.1 Å². The van der Waals surface area contributed by atoms with Crippen molar-refractivity contribution >= 4 is 23.6 Å². The van der Waals surface area contributed by atoms with Crippen molar-refractivity contribution < 1.29 is 23.5 Å². The van der Waals surface area contributed by atoms with Crippen molar-refractivity contribution in [3.05, 3.63) is 0 Å². The van der Waals surface area contributed by atoms with E-state index < -0.39 is 36.2 Å². The molecule has 0 heterocycles. The van der Waals surface area contributed by atoms with Crippen molar-refractivity contribution in [1.82, 2.24) is 5.32 Å². The first-order valence-electron chi connectivity index (χ1n) is 6.25. The zero-order chi connectivity index (χ0) is 14.5. The highest BCUT2D eigenvalue weighted by molar-refractivity contribution is 7.98. The van der Waals surface area contributed by atoms with Gasteiger partial charge in [0.2, 0.25) is 11.8 Å². The highest BCUT2D eigenvalue weighted by atomic mass is 32.2. The average Bonchev–Trinajstić information content (AvgIpc) is 2.32. The second-order valence-corrected chi connectivity index (χ2v) is 5.82. The predicted octanol–water partition coefficient (Wildman–Crippen LogP) is 2.13. The monoisotopic (exact) mass is 295 g/mol. The molecule has 0 aromatic rings. The molecule has 0 spiro atoms. The number of thioether (sulfide) groups is 1. The maximum absolute atomic E-state index is 13.2. The minimum absolute atomic E-state index is 0.189. The van der Waals surface area contributed by atoms with Crippen LogP contribution in [0.25, 0.3) is 0 Å². The van der Waals surface area contributed by atoms with E-state index in [1.807, 2.05) is 6.26 Å². The molecular weight excluding hydrogens is 276 g/mol. The number of alkyl halides is 2. The standard InChI is InChI=1S/C12H19F2NO3S/c1-19-6-4-9(11(17)18)15-10(16)8-3-2-5-12(13,14)7-8/h8-9H,2-7H2,1H3,(H,15,16)(H,17,18). The summed E-state index contributed by atoms with van der Waals surface area (Å²) in [6.45, 7) is 0. The molecule has 7 heteroatoms. The Bertz CT molecular complexity index is 339. The molecule has 0 saturated heterocycles. The first-order valence-corrected chi connectivity index (χ1v) is 7.65. The van der Waals surface area contributed by atoms with E-state index in [4.69, 9.17) is 5.11 Å². The average molecular weight is 295 g/mol. The summed E-state index contributed by atoms with van der Waals surface area (Å²) in [5.41, 5.74) is 0. The van der Waals surface area contributed by atoms with E-state index in [-0.39, 0.29) is 6.42 Å². The van der Waals surface area contributed by atoms with Crippen molar-refractivity contribution in [3.63, 3.8) is 0 Å². The van der Waals surface area contributed by atoms with Crippen LogP contribution in [0, 0.1) is 5.92 Å². The summed E-state index contributed by atoms with van der Waals surface area (Å²) < 4.78 is 26.4. The molecule has 110 valence electrons. The molecule has 1 saturated carbocycles. The summed E-state index contributed by atoms with van der Waals surface area (Å²) in [7, 11) is 0. The van der Waals surface area contributed by atoms with Crippen molar-refractivity contribution in [1.29, 1.82) is 0 Å². The van der Waals surface area contributed by atoms with Gasteiger partial charge in [-0.05, 0) is 31.3 Å². The normalized spacial score (nSPS) is 23.6. The van der Waals surface area contributed by atoms with E-state index in [0.717, 1.165) is 0 Å². The number of hydrogen-bond acceptors (Lipinski definition) is 3. The van der Waals surface area contributed by atoms with Gasteiger partial charge < -0.3 is 10.4 Å². The molecule has 4 nitrogen and oxygen atoms in total. The third kappa shape index (κ3) is 5.34. The quantitative estimate of drug-likeness (QED) is 0.788. The van der Waals surface area contributed by atoms with Crippen LogP contribution in [-0.4, -0.2) is 41.0 Å². The fraction of sp³-hybridized carbons (Fsp3) is 0.833. The molecule has 0 aromatic carbocycles. The highest BCUT2D eigenvalue weighted by Gasteiger charge is 2.39. The molecule has 19 heavy (non-hydrogen) atoms. The van der Waals surface area contributed by atoms with Crippen LogP contribution in [0.3, 0.4) is 0 Å². The zero-order valence-electron chi connectivity index (χ0n) is 10.8. The van der Waals surface area contributed by atoms with Crippen LogP contribution in [0.5, 0.6) is 0 Å². The Kier molecular flexibility index (Phi) is 6.03. The highest BCUT2D eigenvalue weighted by Crippen LogP contribution is 2.36. The maximum Gasteiger partial charge on any atom is 0.326 e. The lowest BCUT2D eigenvalue weighted by Crippen LogP contribution is -2.46. The summed E-state index contributed by atoms with van der Waals surface area (Å²) in [5, 5.41) is 11.4. The first kappa shape index (κ1) is 16.2.